The Morgan fingerprint density at radius 3 is 0.150 bits per heavy atom. The maximum atomic E-state index is 2.65. The van der Waals surface area contributed by atoms with E-state index in [9.17, 15) is 0 Å². The standard InChI is InChI=1S/6C7H21NSi2/c6*1-8(9(2,3)4)10(5,6)7/h6*1-7H3. The van der Waals surface area contributed by atoms with E-state index >= 15 is 0 Å². The van der Waals surface area contributed by atoms with Gasteiger partial charge in [-0.3, -0.25) is 0 Å². The fraction of sp³-hybridized carbons (Fsp3) is 1.00. The minimum atomic E-state index is -1.00. The third-order valence-corrected chi connectivity index (χ3v) is 60.4. The van der Waals surface area contributed by atoms with Gasteiger partial charge in [-0.1, -0.05) is 236 Å². The lowest BCUT2D eigenvalue weighted by Gasteiger charge is -2.40. The van der Waals surface area contributed by atoms with E-state index in [2.05, 4.69) is 303 Å². The van der Waals surface area contributed by atoms with Crippen molar-refractivity contribution >= 4 is 98.8 Å². The monoisotopic (exact) mass is 1050 g/mol. The smallest absolute Gasteiger partial charge is 0.112 e. The van der Waals surface area contributed by atoms with Crippen molar-refractivity contribution in [2.24, 2.45) is 0 Å². The molecule has 0 aromatic heterocycles. The molecule has 0 amide bonds. The molecule has 0 aliphatic carbocycles. The van der Waals surface area contributed by atoms with Gasteiger partial charge in [0, 0.05) is 0 Å². The van der Waals surface area contributed by atoms with Crippen molar-refractivity contribution < 1.29 is 0 Å². The van der Waals surface area contributed by atoms with Crippen LogP contribution in [0.1, 0.15) is 0 Å². The number of nitrogens with zero attached hydrogens (tertiary/aromatic N) is 6. The quantitative estimate of drug-likeness (QED) is 0.180. The second-order valence-electron chi connectivity index (χ2n) is 29.4. The summed E-state index contributed by atoms with van der Waals surface area (Å²) in [4.78, 5) is 0. The molecular weight excluding hydrogens is 926 g/mol. The lowest BCUT2D eigenvalue weighted by molar-refractivity contribution is 0.758. The van der Waals surface area contributed by atoms with Crippen molar-refractivity contribution in [3.63, 3.8) is 0 Å². The van der Waals surface area contributed by atoms with Gasteiger partial charge in [0.2, 0.25) is 0 Å². The molecule has 0 aromatic rings. The Hall–Kier alpha value is 2.36. The highest BCUT2D eigenvalue weighted by atomic mass is 28.4. The fourth-order valence-electron chi connectivity index (χ4n) is 6.04. The van der Waals surface area contributed by atoms with E-state index in [1.807, 2.05) is 0 Å². The van der Waals surface area contributed by atoms with E-state index in [1.54, 1.807) is 0 Å². The van der Waals surface area contributed by atoms with Crippen LogP contribution >= 0.6 is 0 Å². The molecule has 0 saturated heterocycles. The zero-order valence-corrected chi connectivity index (χ0v) is 62.7. The number of rotatable bonds is 12. The molecule has 0 aliphatic rings. The Morgan fingerprint density at radius 2 is 0.150 bits per heavy atom. The van der Waals surface area contributed by atoms with Crippen LogP contribution in [0.2, 0.25) is 236 Å². The van der Waals surface area contributed by atoms with Crippen molar-refractivity contribution in [3.8, 4) is 0 Å². The van der Waals surface area contributed by atoms with Crippen molar-refractivity contribution in [1.29, 1.82) is 0 Å². The summed E-state index contributed by atoms with van der Waals surface area (Å²) in [5.74, 6) is 0. The summed E-state index contributed by atoms with van der Waals surface area (Å²) in [6.45, 7) is 86.7. The average Bonchev–Trinajstić information content (AvgIpc) is 2.90. The normalized spacial score (nSPS) is 14.4. The van der Waals surface area contributed by atoms with Crippen LogP contribution in [0.25, 0.3) is 0 Å². The van der Waals surface area contributed by atoms with Gasteiger partial charge in [0.25, 0.3) is 0 Å². The van der Waals surface area contributed by atoms with Gasteiger partial charge in [-0.15, -0.1) is 0 Å². The Morgan fingerprint density at radius 1 is 0.117 bits per heavy atom. The van der Waals surface area contributed by atoms with Gasteiger partial charge >= 0.3 is 0 Å². The van der Waals surface area contributed by atoms with E-state index in [0.29, 0.717) is 0 Å². The molecule has 0 heterocycles. The van der Waals surface area contributed by atoms with Crippen LogP contribution in [0.15, 0.2) is 0 Å². The van der Waals surface area contributed by atoms with E-state index in [1.165, 1.54) is 0 Å². The first-order chi connectivity index (χ1) is 24.9. The third kappa shape index (κ3) is 38.5. The Balaban J connectivity index is -0.000000146. The first-order valence-electron chi connectivity index (χ1n) is 23.4. The molecule has 0 fully saturated rings. The molecule has 0 atom stereocenters. The van der Waals surface area contributed by atoms with Gasteiger partial charge in [-0.05, 0) is 42.3 Å². The maximum Gasteiger partial charge on any atom is 0.112 e. The first-order valence-corrected chi connectivity index (χ1v) is 64.7. The molecular formula is C42H126N6Si12. The lowest BCUT2D eigenvalue weighted by atomic mass is 11.6. The molecule has 0 N–H and O–H groups in total. The second-order valence-corrected chi connectivity index (χ2v) is 92.2. The van der Waals surface area contributed by atoms with Gasteiger partial charge in [-0.2, -0.15) is 0 Å². The van der Waals surface area contributed by atoms with Crippen LogP contribution in [0, 0.1) is 0 Å². The van der Waals surface area contributed by atoms with Crippen LogP contribution in [0.5, 0.6) is 0 Å². The SMILES string of the molecule is CN([Si](C)(C)C)[Si](C)(C)C.CN([Si](C)(C)C)[Si](C)(C)C.CN([Si](C)(C)C)[Si](C)(C)C.CN([Si](C)(C)C)[Si](C)(C)C.CN([Si](C)(C)C)[Si](C)(C)C.CN([Si](C)(C)C)[Si](C)(C)C. The van der Waals surface area contributed by atoms with Gasteiger partial charge in [-0.25, -0.2) is 0 Å². The highest BCUT2D eigenvalue weighted by molar-refractivity contribution is 6.92. The van der Waals surface area contributed by atoms with Gasteiger partial charge in [0.05, 0.1) is 0 Å². The van der Waals surface area contributed by atoms with Crippen molar-refractivity contribution in [3.05, 3.63) is 0 Å². The van der Waals surface area contributed by atoms with Crippen molar-refractivity contribution in [1.82, 2.24) is 25.4 Å². The van der Waals surface area contributed by atoms with Crippen LogP contribution in [-0.2, 0) is 0 Å². The summed E-state index contributed by atoms with van der Waals surface area (Å²) < 4.78 is 15.9. The van der Waals surface area contributed by atoms with Crippen LogP contribution in [0.3, 0.4) is 0 Å². The highest BCUT2D eigenvalue weighted by Gasteiger charge is 2.34. The molecule has 0 rings (SSSR count). The van der Waals surface area contributed by atoms with E-state index in [4.69, 9.17) is 0 Å². The second kappa shape index (κ2) is 26.2. The van der Waals surface area contributed by atoms with Crippen LogP contribution < -0.4 is 0 Å². The Kier molecular flexibility index (Phi) is 32.3. The molecule has 0 aromatic carbocycles. The van der Waals surface area contributed by atoms with Gasteiger partial charge in [0.15, 0.2) is 0 Å². The molecule has 0 spiro atoms. The van der Waals surface area contributed by atoms with Crippen LogP contribution in [-0.4, -0.2) is 166 Å². The molecule has 0 aliphatic heterocycles. The highest BCUT2D eigenvalue weighted by Crippen LogP contribution is 2.20. The van der Waals surface area contributed by atoms with Crippen molar-refractivity contribution in [2.75, 3.05) is 42.3 Å². The van der Waals surface area contributed by atoms with E-state index in [-0.39, 0.29) is 0 Å². The zero-order valence-electron chi connectivity index (χ0n) is 50.7. The summed E-state index contributed by atoms with van der Waals surface area (Å²) in [6.07, 6.45) is 0. The molecule has 60 heavy (non-hydrogen) atoms. The van der Waals surface area contributed by atoms with Crippen molar-refractivity contribution in [2.45, 2.75) is 236 Å². The predicted molar refractivity (Wildman–Crippen MR) is 327 cm³/mol. The molecule has 6 nitrogen and oxygen atoms in total. The average molecular weight is 1050 g/mol. The molecule has 18 heteroatoms. The minimum Gasteiger partial charge on any atom is -0.349 e. The predicted octanol–water partition coefficient (Wildman–Crippen LogP) is 15.5. The summed E-state index contributed by atoms with van der Waals surface area (Å²) in [5, 5.41) is 0. The molecule has 0 bridgehead atoms. The summed E-state index contributed by atoms with van der Waals surface area (Å²) in [7, 11) is 1.73. The van der Waals surface area contributed by atoms with E-state index in [0.717, 1.165) is 0 Å². The molecule has 0 radical (unpaired) electrons. The lowest BCUT2D eigenvalue weighted by Crippen LogP contribution is -2.56. The minimum absolute atomic E-state index is 1.00. The summed E-state index contributed by atoms with van der Waals surface area (Å²) in [5.41, 5.74) is 0. The van der Waals surface area contributed by atoms with E-state index < -0.39 is 98.8 Å². The maximum absolute atomic E-state index is 2.65. The summed E-state index contributed by atoms with van der Waals surface area (Å²) in [6, 6.07) is 0. The number of hydrogen-bond acceptors (Lipinski definition) is 6. The largest absolute Gasteiger partial charge is 0.349 e. The summed E-state index contributed by atoms with van der Waals surface area (Å²) >= 11 is 0. The van der Waals surface area contributed by atoms with Gasteiger partial charge in [0.1, 0.15) is 98.8 Å². The molecule has 372 valence electrons. The first kappa shape index (κ1) is 73.9. The fourth-order valence-corrected chi connectivity index (χ4v) is 54.3. The van der Waals surface area contributed by atoms with Gasteiger partial charge < -0.3 is 25.4 Å². The molecule has 0 unspecified atom stereocenters. The third-order valence-electron chi connectivity index (χ3n) is 12.1. The Labute approximate surface area is 399 Å². The topological polar surface area (TPSA) is 19.4 Å². The Bertz CT molecular complexity index is 807. The zero-order chi connectivity index (χ0) is 51.5. The van der Waals surface area contributed by atoms with Crippen LogP contribution in [0.4, 0.5) is 0 Å². The number of hydrogen-bond donors (Lipinski definition) is 0. The molecule has 0 saturated carbocycles.